The third-order valence-corrected chi connectivity index (χ3v) is 9.33. The predicted molar refractivity (Wildman–Crippen MR) is 134 cm³/mol. The molecule has 0 bridgehead atoms. The normalized spacial score (nSPS) is 19.5. The van der Waals surface area contributed by atoms with Gasteiger partial charge in [0.15, 0.2) is 0 Å². The van der Waals surface area contributed by atoms with Gasteiger partial charge in [0, 0.05) is 31.7 Å². The van der Waals surface area contributed by atoms with Crippen molar-refractivity contribution in [2.75, 3.05) is 45.9 Å². The number of thiophene rings is 1. The zero-order valence-electron chi connectivity index (χ0n) is 19.6. The molecule has 1 amide bonds. The second-order valence-corrected chi connectivity index (χ2v) is 11.6. The van der Waals surface area contributed by atoms with Crippen molar-refractivity contribution in [1.29, 1.82) is 0 Å². The average molecular weight is 516 g/mol. The van der Waals surface area contributed by atoms with E-state index in [-0.39, 0.29) is 23.7 Å². The third-order valence-electron chi connectivity index (χ3n) is 5.96. The SMILES string of the molecule is Cc1ccc(C#Cc2ccc(S(=O)(=O)N(CCN3CCOCC3)[C@@H]3CC=CCN(O)C3=O)s2)cc1. The van der Waals surface area contributed by atoms with Crippen molar-refractivity contribution in [2.45, 2.75) is 23.6 Å². The first-order valence-electron chi connectivity index (χ1n) is 11.5. The van der Waals surface area contributed by atoms with Crippen LogP contribution in [0, 0.1) is 18.8 Å². The highest BCUT2D eigenvalue weighted by molar-refractivity contribution is 7.91. The van der Waals surface area contributed by atoms with Crippen LogP contribution in [0.2, 0.25) is 0 Å². The molecule has 8 nitrogen and oxygen atoms in total. The Kier molecular flexibility index (Phi) is 8.38. The number of rotatable bonds is 6. The minimum absolute atomic E-state index is 0.0322. The third kappa shape index (κ3) is 6.38. The lowest BCUT2D eigenvalue weighted by Gasteiger charge is -2.33. The maximum Gasteiger partial charge on any atom is 0.264 e. The van der Waals surface area contributed by atoms with Crippen LogP contribution in [0.4, 0.5) is 0 Å². The first kappa shape index (κ1) is 25.6. The van der Waals surface area contributed by atoms with Crippen molar-refractivity contribution in [3.63, 3.8) is 0 Å². The summed E-state index contributed by atoms with van der Waals surface area (Å²) in [6.45, 7) is 5.22. The first-order valence-corrected chi connectivity index (χ1v) is 13.8. The van der Waals surface area contributed by atoms with Crippen LogP contribution < -0.4 is 0 Å². The summed E-state index contributed by atoms with van der Waals surface area (Å²) in [6, 6.07) is 10.0. The predicted octanol–water partition coefficient (Wildman–Crippen LogP) is 2.33. The van der Waals surface area contributed by atoms with Crippen LogP contribution in [0.5, 0.6) is 0 Å². The molecular weight excluding hydrogens is 486 g/mol. The van der Waals surface area contributed by atoms with E-state index in [0.29, 0.717) is 42.8 Å². The van der Waals surface area contributed by atoms with Crippen molar-refractivity contribution in [3.05, 3.63) is 64.6 Å². The molecule has 10 heteroatoms. The number of ether oxygens (including phenoxy) is 1. The van der Waals surface area contributed by atoms with Crippen molar-refractivity contribution < 1.29 is 23.2 Å². The smallest absolute Gasteiger partial charge is 0.264 e. The standard InChI is InChI=1S/C25H29N3O5S2/c1-20-5-7-21(8-6-20)9-10-22-11-12-24(34-22)35(31,32)28(15-14-26-16-18-33-19-17-26)23-4-2-3-13-27(30)25(23)29/h2-3,5-8,11-12,23,30H,4,13-19H2,1H3/t23-/m1/s1. The van der Waals surface area contributed by atoms with Crippen molar-refractivity contribution in [2.24, 2.45) is 0 Å². The molecule has 0 unspecified atom stereocenters. The molecule has 1 aromatic heterocycles. The molecule has 3 heterocycles. The maximum atomic E-state index is 13.8. The van der Waals surface area contributed by atoms with E-state index in [1.807, 2.05) is 31.2 Å². The van der Waals surface area contributed by atoms with Gasteiger partial charge in [-0.2, -0.15) is 4.31 Å². The van der Waals surface area contributed by atoms with Crippen LogP contribution in [-0.2, 0) is 19.6 Å². The largest absolute Gasteiger partial charge is 0.379 e. The van der Waals surface area contributed by atoms with E-state index in [9.17, 15) is 18.4 Å². The molecule has 0 saturated carbocycles. The number of hydroxylamine groups is 2. The zero-order chi connectivity index (χ0) is 24.8. The minimum Gasteiger partial charge on any atom is -0.379 e. The van der Waals surface area contributed by atoms with Crippen LogP contribution in [0.15, 0.2) is 52.8 Å². The summed E-state index contributed by atoms with van der Waals surface area (Å²) in [7, 11) is -4.01. The number of morpholine rings is 1. The minimum atomic E-state index is -4.01. The zero-order valence-corrected chi connectivity index (χ0v) is 21.2. The first-order chi connectivity index (χ1) is 16.8. The summed E-state index contributed by atoms with van der Waals surface area (Å²) in [6.07, 6.45) is 3.60. The molecule has 1 N–H and O–H groups in total. The summed E-state index contributed by atoms with van der Waals surface area (Å²) < 4.78 is 34.3. The van der Waals surface area contributed by atoms with Gasteiger partial charge in [0.2, 0.25) is 0 Å². The van der Waals surface area contributed by atoms with Crippen molar-refractivity contribution in [1.82, 2.24) is 14.3 Å². The Hall–Kier alpha value is -2.52. The molecule has 0 aliphatic carbocycles. The van der Waals surface area contributed by atoms with Gasteiger partial charge in [0.25, 0.3) is 15.9 Å². The van der Waals surface area contributed by atoms with E-state index in [1.54, 1.807) is 18.2 Å². The topological polar surface area (TPSA) is 90.4 Å². The highest BCUT2D eigenvalue weighted by Crippen LogP contribution is 2.28. The van der Waals surface area contributed by atoms with Gasteiger partial charge < -0.3 is 4.74 Å². The monoisotopic (exact) mass is 515 g/mol. The maximum absolute atomic E-state index is 13.8. The summed E-state index contributed by atoms with van der Waals surface area (Å²) in [5.41, 5.74) is 1.99. The van der Waals surface area contributed by atoms with E-state index in [1.165, 1.54) is 10.4 Å². The van der Waals surface area contributed by atoms with Gasteiger partial charge in [0.05, 0.1) is 24.6 Å². The number of nitrogens with zero attached hydrogens (tertiary/aromatic N) is 3. The number of carbonyl (C=O) groups excluding carboxylic acids is 1. The Morgan fingerprint density at radius 2 is 1.86 bits per heavy atom. The van der Waals surface area contributed by atoms with Gasteiger partial charge in [-0.3, -0.25) is 14.9 Å². The Morgan fingerprint density at radius 1 is 1.11 bits per heavy atom. The Bertz CT molecular complexity index is 1220. The lowest BCUT2D eigenvalue weighted by atomic mass is 10.1. The van der Waals surface area contributed by atoms with Crippen LogP contribution >= 0.6 is 11.3 Å². The van der Waals surface area contributed by atoms with Crippen LogP contribution in [0.3, 0.4) is 0 Å². The van der Waals surface area contributed by atoms with Gasteiger partial charge >= 0.3 is 0 Å². The van der Waals surface area contributed by atoms with E-state index in [0.717, 1.165) is 22.5 Å². The summed E-state index contributed by atoms with van der Waals surface area (Å²) in [5.74, 6) is 5.48. The van der Waals surface area contributed by atoms with Gasteiger partial charge in [-0.05, 0) is 37.6 Å². The Labute approximate surface area is 210 Å². The average Bonchev–Trinajstić information content (AvgIpc) is 3.29. The Morgan fingerprint density at radius 3 is 2.60 bits per heavy atom. The van der Waals surface area contributed by atoms with E-state index in [2.05, 4.69) is 16.7 Å². The lowest BCUT2D eigenvalue weighted by Crippen LogP contribution is -2.52. The van der Waals surface area contributed by atoms with Gasteiger partial charge in [-0.25, -0.2) is 13.5 Å². The Balaban J connectivity index is 1.59. The molecule has 1 saturated heterocycles. The van der Waals surface area contributed by atoms with E-state index < -0.39 is 22.0 Å². The highest BCUT2D eigenvalue weighted by Gasteiger charge is 2.38. The van der Waals surface area contributed by atoms with E-state index >= 15 is 0 Å². The fraction of sp³-hybridized carbons (Fsp3) is 0.400. The molecule has 0 radical (unpaired) electrons. The summed E-state index contributed by atoms with van der Waals surface area (Å²) in [5, 5.41) is 10.7. The molecule has 2 aromatic rings. The molecule has 186 valence electrons. The van der Waals surface area contributed by atoms with E-state index in [4.69, 9.17) is 4.74 Å². The fourth-order valence-corrected chi connectivity index (χ4v) is 6.80. The van der Waals surface area contributed by atoms with Crippen molar-refractivity contribution in [3.8, 4) is 11.8 Å². The van der Waals surface area contributed by atoms with Gasteiger partial charge in [-0.15, -0.1) is 11.3 Å². The summed E-state index contributed by atoms with van der Waals surface area (Å²) >= 11 is 1.08. The second-order valence-electron chi connectivity index (χ2n) is 8.45. The summed E-state index contributed by atoms with van der Waals surface area (Å²) in [4.78, 5) is 15.6. The molecule has 35 heavy (non-hydrogen) atoms. The molecule has 1 fully saturated rings. The quantitative estimate of drug-likeness (QED) is 0.361. The second kappa shape index (κ2) is 11.5. The number of aryl methyl sites for hydroxylation is 1. The lowest BCUT2D eigenvalue weighted by molar-refractivity contribution is -0.166. The number of benzene rings is 1. The highest BCUT2D eigenvalue weighted by atomic mass is 32.2. The fourth-order valence-electron chi connectivity index (χ4n) is 3.92. The number of hydrogen-bond acceptors (Lipinski definition) is 7. The molecule has 2 aliphatic rings. The molecule has 4 rings (SSSR count). The molecule has 1 aromatic carbocycles. The van der Waals surface area contributed by atoms with Crippen LogP contribution in [-0.4, -0.2) is 85.8 Å². The van der Waals surface area contributed by atoms with Crippen LogP contribution in [0.1, 0.15) is 22.4 Å². The number of sulfonamides is 1. The van der Waals surface area contributed by atoms with Crippen LogP contribution in [0.25, 0.3) is 0 Å². The number of amides is 1. The number of hydrogen-bond donors (Lipinski definition) is 1. The molecule has 2 aliphatic heterocycles. The van der Waals surface area contributed by atoms with Crippen molar-refractivity contribution >= 4 is 27.3 Å². The number of carbonyl (C=O) groups is 1. The molecular formula is C25H29N3O5S2. The van der Waals surface area contributed by atoms with Gasteiger partial charge in [-0.1, -0.05) is 41.7 Å². The molecule has 1 atom stereocenters. The molecule has 0 spiro atoms. The van der Waals surface area contributed by atoms with Gasteiger partial charge in [0.1, 0.15) is 10.3 Å².